The molecule has 2 aliphatic rings. The summed E-state index contributed by atoms with van der Waals surface area (Å²) in [5.41, 5.74) is 0.556. The van der Waals surface area contributed by atoms with Crippen LogP contribution in [0.1, 0.15) is 19.8 Å². The van der Waals surface area contributed by atoms with Crippen LogP contribution in [0.3, 0.4) is 0 Å². The summed E-state index contributed by atoms with van der Waals surface area (Å²) < 4.78 is 0. The highest BCUT2D eigenvalue weighted by Crippen LogP contribution is 2.27. The lowest BCUT2D eigenvalue weighted by Crippen LogP contribution is -2.50. The molecule has 2 fully saturated rings. The smallest absolute Gasteiger partial charge is 0.261 e. The molecule has 0 radical (unpaired) electrons. The molecule has 0 spiro atoms. The van der Waals surface area contributed by atoms with Crippen LogP contribution >= 0.6 is 0 Å². The van der Waals surface area contributed by atoms with Crippen molar-refractivity contribution in [3.8, 4) is 0 Å². The molecule has 19 heavy (non-hydrogen) atoms. The van der Waals surface area contributed by atoms with Gasteiger partial charge in [0.1, 0.15) is 0 Å². The van der Waals surface area contributed by atoms with Crippen molar-refractivity contribution in [2.45, 2.75) is 25.8 Å². The standard InChI is InChI=1S/C14H16N2O3/c1-3-4-5-11-9(2)13(18)16(14(11)19)10-6-7-12(17)15-8-10/h3-5,10H,2,6-8H2,1H3,(H,15,17)/b4-3-,11-5+. The van der Waals surface area contributed by atoms with E-state index in [2.05, 4.69) is 11.9 Å². The van der Waals surface area contributed by atoms with Gasteiger partial charge in [-0.05, 0) is 19.4 Å². The van der Waals surface area contributed by atoms with Gasteiger partial charge in [0, 0.05) is 18.5 Å². The summed E-state index contributed by atoms with van der Waals surface area (Å²) in [5.74, 6) is -0.727. The molecule has 1 atom stereocenters. The second-order valence-corrected chi connectivity index (χ2v) is 4.56. The molecule has 5 nitrogen and oxygen atoms in total. The minimum Gasteiger partial charge on any atom is -0.354 e. The SMILES string of the molecule is C=C1C(=O)N(C2CCC(=O)NC2)C(=O)/C1=C/C=C\C. The number of hydrogen-bond donors (Lipinski definition) is 1. The largest absolute Gasteiger partial charge is 0.354 e. The summed E-state index contributed by atoms with van der Waals surface area (Å²) in [7, 11) is 0. The Morgan fingerprint density at radius 3 is 2.63 bits per heavy atom. The van der Waals surface area contributed by atoms with Crippen LogP contribution in [0.2, 0.25) is 0 Å². The number of hydrogen-bond acceptors (Lipinski definition) is 3. The zero-order valence-corrected chi connectivity index (χ0v) is 10.8. The highest BCUT2D eigenvalue weighted by molar-refractivity contribution is 6.24. The fraction of sp³-hybridized carbons (Fsp3) is 0.357. The molecule has 2 saturated heterocycles. The minimum atomic E-state index is -0.359. The lowest BCUT2D eigenvalue weighted by molar-refractivity contribution is -0.141. The summed E-state index contributed by atoms with van der Waals surface area (Å²) in [6, 6.07) is -0.272. The van der Waals surface area contributed by atoms with E-state index in [0.29, 0.717) is 25.0 Å². The maximum absolute atomic E-state index is 12.2. The number of nitrogens with zero attached hydrogens (tertiary/aromatic N) is 1. The van der Waals surface area contributed by atoms with Gasteiger partial charge in [0.15, 0.2) is 0 Å². The molecule has 5 heteroatoms. The molecular formula is C14H16N2O3. The number of carbonyl (C=O) groups excluding carboxylic acids is 3. The third-order valence-corrected chi connectivity index (χ3v) is 3.31. The van der Waals surface area contributed by atoms with Crippen LogP contribution in [0, 0.1) is 0 Å². The summed E-state index contributed by atoms with van der Waals surface area (Å²) >= 11 is 0. The molecule has 2 heterocycles. The van der Waals surface area contributed by atoms with Crippen molar-refractivity contribution in [2.75, 3.05) is 6.54 Å². The van der Waals surface area contributed by atoms with E-state index in [4.69, 9.17) is 0 Å². The zero-order valence-electron chi connectivity index (χ0n) is 10.8. The third kappa shape index (κ3) is 2.36. The van der Waals surface area contributed by atoms with E-state index in [0.717, 1.165) is 0 Å². The molecule has 2 aliphatic heterocycles. The Morgan fingerprint density at radius 1 is 1.32 bits per heavy atom. The van der Waals surface area contributed by atoms with E-state index in [9.17, 15) is 14.4 Å². The Morgan fingerprint density at radius 2 is 2.05 bits per heavy atom. The van der Waals surface area contributed by atoms with Gasteiger partial charge in [-0.2, -0.15) is 0 Å². The van der Waals surface area contributed by atoms with Crippen molar-refractivity contribution in [3.05, 3.63) is 36.0 Å². The quantitative estimate of drug-likeness (QED) is 0.587. The monoisotopic (exact) mass is 260 g/mol. The molecule has 0 aromatic heterocycles. The maximum Gasteiger partial charge on any atom is 0.261 e. The maximum atomic E-state index is 12.2. The normalized spacial score (nSPS) is 26.7. The Balaban J connectivity index is 2.23. The van der Waals surface area contributed by atoms with E-state index >= 15 is 0 Å². The van der Waals surface area contributed by atoms with Gasteiger partial charge in [-0.25, -0.2) is 0 Å². The van der Waals surface area contributed by atoms with Crippen molar-refractivity contribution in [3.63, 3.8) is 0 Å². The van der Waals surface area contributed by atoms with E-state index in [1.54, 1.807) is 18.2 Å². The zero-order chi connectivity index (χ0) is 14.0. The van der Waals surface area contributed by atoms with Crippen molar-refractivity contribution >= 4 is 17.7 Å². The number of nitrogens with one attached hydrogen (secondary N) is 1. The molecule has 1 unspecified atom stereocenters. The first-order chi connectivity index (χ1) is 9.06. The molecule has 0 aromatic carbocycles. The van der Waals surface area contributed by atoms with Gasteiger partial charge in [-0.3, -0.25) is 19.3 Å². The number of likely N-dealkylation sites (tertiary alicyclic amines) is 1. The van der Waals surface area contributed by atoms with Crippen molar-refractivity contribution in [1.29, 1.82) is 0 Å². The molecule has 3 amide bonds. The van der Waals surface area contributed by atoms with Gasteiger partial charge in [-0.1, -0.05) is 18.7 Å². The highest BCUT2D eigenvalue weighted by atomic mass is 16.2. The van der Waals surface area contributed by atoms with Crippen LogP contribution in [0.25, 0.3) is 0 Å². The first-order valence-electron chi connectivity index (χ1n) is 6.23. The first kappa shape index (κ1) is 13.3. The van der Waals surface area contributed by atoms with Crippen molar-refractivity contribution in [1.82, 2.24) is 10.2 Å². The van der Waals surface area contributed by atoms with Crippen LogP contribution in [0.15, 0.2) is 36.0 Å². The molecule has 0 bridgehead atoms. The molecule has 1 N–H and O–H groups in total. The van der Waals surface area contributed by atoms with Gasteiger partial charge in [0.05, 0.1) is 11.6 Å². The van der Waals surface area contributed by atoms with Gasteiger partial charge in [0.2, 0.25) is 5.91 Å². The van der Waals surface area contributed by atoms with E-state index in [-0.39, 0.29) is 29.3 Å². The fourth-order valence-corrected chi connectivity index (χ4v) is 2.25. The van der Waals surface area contributed by atoms with Gasteiger partial charge in [0.25, 0.3) is 11.8 Å². The summed E-state index contributed by atoms with van der Waals surface area (Å²) in [6.07, 6.45) is 5.93. The van der Waals surface area contributed by atoms with E-state index in [1.165, 1.54) is 4.90 Å². The lowest BCUT2D eigenvalue weighted by atomic mass is 10.1. The Kier molecular flexibility index (Phi) is 3.64. The summed E-state index contributed by atoms with van der Waals surface area (Å²) in [6.45, 7) is 5.83. The summed E-state index contributed by atoms with van der Waals surface area (Å²) in [4.78, 5) is 36.7. The predicted octanol–water partition coefficient (Wildman–Crippen LogP) is 0.692. The Labute approximate surface area is 111 Å². The molecule has 0 aromatic rings. The van der Waals surface area contributed by atoms with Gasteiger partial charge >= 0.3 is 0 Å². The second kappa shape index (κ2) is 5.22. The number of carbonyl (C=O) groups is 3. The van der Waals surface area contributed by atoms with Crippen LogP contribution in [-0.2, 0) is 14.4 Å². The molecule has 0 saturated carbocycles. The average molecular weight is 260 g/mol. The van der Waals surface area contributed by atoms with Crippen LogP contribution in [-0.4, -0.2) is 35.2 Å². The summed E-state index contributed by atoms with van der Waals surface area (Å²) in [5, 5.41) is 2.67. The molecule has 100 valence electrons. The van der Waals surface area contributed by atoms with E-state index < -0.39 is 0 Å². The Bertz CT molecular complexity index is 507. The third-order valence-electron chi connectivity index (χ3n) is 3.31. The first-order valence-corrected chi connectivity index (χ1v) is 6.23. The number of allylic oxidation sites excluding steroid dienone is 3. The molecular weight excluding hydrogens is 244 g/mol. The molecule has 0 aliphatic carbocycles. The topological polar surface area (TPSA) is 66.5 Å². The van der Waals surface area contributed by atoms with E-state index in [1.807, 2.05) is 6.92 Å². The van der Waals surface area contributed by atoms with Crippen LogP contribution in [0.5, 0.6) is 0 Å². The predicted molar refractivity (Wildman–Crippen MR) is 69.9 cm³/mol. The molecule has 2 rings (SSSR count). The fourth-order valence-electron chi connectivity index (χ4n) is 2.25. The number of rotatable bonds is 2. The number of piperidine rings is 1. The van der Waals surface area contributed by atoms with Gasteiger partial charge in [-0.15, -0.1) is 0 Å². The minimum absolute atomic E-state index is 0.0427. The van der Waals surface area contributed by atoms with Crippen LogP contribution in [0.4, 0.5) is 0 Å². The average Bonchev–Trinajstić information content (AvgIpc) is 2.60. The Hall–Kier alpha value is -2.17. The van der Waals surface area contributed by atoms with Crippen LogP contribution < -0.4 is 5.32 Å². The lowest BCUT2D eigenvalue weighted by Gasteiger charge is -2.29. The second-order valence-electron chi connectivity index (χ2n) is 4.56. The number of amides is 3. The van der Waals surface area contributed by atoms with Gasteiger partial charge < -0.3 is 5.32 Å². The number of imide groups is 1. The highest BCUT2D eigenvalue weighted by Gasteiger charge is 2.42. The van der Waals surface area contributed by atoms with Crippen molar-refractivity contribution < 1.29 is 14.4 Å². The van der Waals surface area contributed by atoms with Crippen molar-refractivity contribution in [2.24, 2.45) is 0 Å².